The Kier molecular flexibility index (Phi) is 4.99. The number of likely N-dealkylation sites (tertiary alicyclic amines) is 1. The minimum atomic E-state index is -0.905. The molecule has 0 bridgehead atoms. The molecule has 0 aromatic heterocycles. The van der Waals surface area contributed by atoms with Crippen molar-refractivity contribution in [1.82, 2.24) is 4.90 Å². The van der Waals surface area contributed by atoms with Crippen molar-refractivity contribution in [3.8, 4) is 0 Å². The standard InChI is InChI=1S/C15H26FNO2/c1-6-7-8-12(16)15(5)9-10-17(11-15)13(18)19-14(2,3)4/h6,12H,1,7-11H2,2-5H3. The zero-order valence-corrected chi connectivity index (χ0v) is 12.5. The summed E-state index contributed by atoms with van der Waals surface area (Å²) in [5.41, 5.74) is -0.964. The van der Waals surface area contributed by atoms with E-state index in [9.17, 15) is 9.18 Å². The Balaban J connectivity index is 2.56. The average Bonchev–Trinajstić information content (AvgIpc) is 2.68. The third-order valence-electron chi connectivity index (χ3n) is 3.54. The maximum absolute atomic E-state index is 14.2. The van der Waals surface area contributed by atoms with Gasteiger partial charge >= 0.3 is 6.09 Å². The molecule has 1 amide bonds. The van der Waals surface area contributed by atoms with E-state index in [0.717, 1.165) is 0 Å². The van der Waals surface area contributed by atoms with Gasteiger partial charge in [-0.3, -0.25) is 0 Å². The average molecular weight is 271 g/mol. The highest BCUT2D eigenvalue weighted by Crippen LogP contribution is 2.37. The topological polar surface area (TPSA) is 29.5 Å². The maximum atomic E-state index is 14.2. The molecule has 110 valence electrons. The van der Waals surface area contributed by atoms with Gasteiger partial charge in [0.05, 0.1) is 0 Å². The second kappa shape index (κ2) is 5.93. The summed E-state index contributed by atoms with van der Waals surface area (Å²) in [6.45, 7) is 12.0. The van der Waals surface area contributed by atoms with E-state index in [1.165, 1.54) is 0 Å². The fourth-order valence-corrected chi connectivity index (χ4v) is 2.34. The Morgan fingerprint density at radius 1 is 1.58 bits per heavy atom. The lowest BCUT2D eigenvalue weighted by Gasteiger charge is -2.29. The van der Waals surface area contributed by atoms with Gasteiger partial charge in [-0.2, -0.15) is 0 Å². The molecule has 0 aliphatic carbocycles. The van der Waals surface area contributed by atoms with Crippen LogP contribution < -0.4 is 0 Å². The van der Waals surface area contributed by atoms with E-state index < -0.39 is 17.2 Å². The first-order valence-corrected chi connectivity index (χ1v) is 6.91. The van der Waals surface area contributed by atoms with E-state index >= 15 is 0 Å². The highest BCUT2D eigenvalue weighted by atomic mass is 19.1. The molecule has 1 heterocycles. The molecule has 0 N–H and O–H groups in total. The molecule has 0 radical (unpaired) electrons. The van der Waals surface area contributed by atoms with E-state index in [4.69, 9.17) is 4.74 Å². The SMILES string of the molecule is C=CCCC(F)C1(C)CCN(C(=O)OC(C)(C)C)C1. The zero-order chi connectivity index (χ0) is 14.7. The van der Waals surface area contributed by atoms with Crippen LogP contribution in [0.2, 0.25) is 0 Å². The van der Waals surface area contributed by atoms with Crippen LogP contribution in [0.1, 0.15) is 47.0 Å². The zero-order valence-electron chi connectivity index (χ0n) is 12.5. The Labute approximate surface area is 115 Å². The highest BCUT2D eigenvalue weighted by Gasteiger charge is 2.43. The lowest BCUT2D eigenvalue weighted by Crippen LogP contribution is -2.38. The number of alkyl halides is 1. The molecule has 0 aromatic carbocycles. The fourth-order valence-electron chi connectivity index (χ4n) is 2.34. The van der Waals surface area contributed by atoms with E-state index in [2.05, 4.69) is 6.58 Å². The molecule has 1 aliphatic rings. The van der Waals surface area contributed by atoms with Crippen molar-refractivity contribution in [2.24, 2.45) is 5.41 Å². The summed E-state index contributed by atoms with van der Waals surface area (Å²) in [4.78, 5) is 13.6. The molecular weight excluding hydrogens is 245 g/mol. The summed E-state index contributed by atoms with van der Waals surface area (Å²) in [5, 5.41) is 0. The molecule has 0 spiro atoms. The van der Waals surface area contributed by atoms with E-state index in [-0.39, 0.29) is 6.09 Å². The van der Waals surface area contributed by atoms with Crippen molar-refractivity contribution in [2.45, 2.75) is 58.7 Å². The van der Waals surface area contributed by atoms with E-state index in [1.807, 2.05) is 27.7 Å². The van der Waals surface area contributed by atoms with Gasteiger partial charge in [0.15, 0.2) is 0 Å². The van der Waals surface area contributed by atoms with Gasteiger partial charge in [0, 0.05) is 18.5 Å². The van der Waals surface area contributed by atoms with Crippen LogP contribution in [0, 0.1) is 5.41 Å². The quantitative estimate of drug-likeness (QED) is 0.725. The lowest BCUT2D eigenvalue weighted by molar-refractivity contribution is 0.0249. The second-order valence-corrected chi connectivity index (χ2v) is 6.64. The number of ether oxygens (including phenoxy) is 1. The smallest absolute Gasteiger partial charge is 0.410 e. The number of allylic oxidation sites excluding steroid dienone is 1. The number of hydrogen-bond donors (Lipinski definition) is 0. The van der Waals surface area contributed by atoms with Crippen LogP contribution in [0.5, 0.6) is 0 Å². The van der Waals surface area contributed by atoms with Crippen LogP contribution in [0.3, 0.4) is 0 Å². The van der Waals surface area contributed by atoms with Crippen LogP contribution in [-0.2, 0) is 4.74 Å². The first-order valence-electron chi connectivity index (χ1n) is 6.91. The second-order valence-electron chi connectivity index (χ2n) is 6.64. The minimum absolute atomic E-state index is 0.341. The highest BCUT2D eigenvalue weighted by molar-refractivity contribution is 5.68. The van der Waals surface area contributed by atoms with E-state index in [1.54, 1.807) is 11.0 Å². The number of halogens is 1. The normalized spacial score (nSPS) is 25.2. The molecule has 0 aromatic rings. The monoisotopic (exact) mass is 271 g/mol. The molecule has 2 atom stereocenters. The fraction of sp³-hybridized carbons (Fsp3) is 0.800. The van der Waals surface area contributed by atoms with Crippen molar-refractivity contribution in [1.29, 1.82) is 0 Å². The van der Waals surface area contributed by atoms with Gasteiger partial charge in [-0.05, 0) is 40.0 Å². The molecule has 1 rings (SSSR count). The summed E-state index contributed by atoms with van der Waals surface area (Å²) in [6, 6.07) is 0. The lowest BCUT2D eigenvalue weighted by atomic mass is 9.82. The Morgan fingerprint density at radius 2 is 2.21 bits per heavy atom. The maximum Gasteiger partial charge on any atom is 0.410 e. The largest absolute Gasteiger partial charge is 0.444 e. The van der Waals surface area contributed by atoms with Gasteiger partial charge in [-0.15, -0.1) is 6.58 Å². The number of carbonyl (C=O) groups excluding carboxylic acids is 1. The summed E-state index contributed by atoms with van der Waals surface area (Å²) in [6.07, 6.45) is 2.32. The Morgan fingerprint density at radius 3 is 2.74 bits per heavy atom. The van der Waals surface area contributed by atoms with Crippen LogP contribution in [0.4, 0.5) is 9.18 Å². The van der Waals surface area contributed by atoms with Crippen molar-refractivity contribution in [3.05, 3.63) is 12.7 Å². The molecule has 4 heteroatoms. The molecule has 3 nitrogen and oxygen atoms in total. The minimum Gasteiger partial charge on any atom is -0.444 e. The number of nitrogens with zero attached hydrogens (tertiary/aromatic N) is 1. The van der Waals surface area contributed by atoms with Crippen molar-refractivity contribution in [2.75, 3.05) is 13.1 Å². The van der Waals surface area contributed by atoms with Gasteiger partial charge < -0.3 is 9.64 Å². The molecule has 0 saturated carbocycles. The van der Waals surface area contributed by atoms with Crippen LogP contribution >= 0.6 is 0 Å². The van der Waals surface area contributed by atoms with Gasteiger partial charge in [-0.25, -0.2) is 9.18 Å². The van der Waals surface area contributed by atoms with Crippen LogP contribution in [0.15, 0.2) is 12.7 Å². The number of rotatable bonds is 4. The Bertz CT molecular complexity index is 338. The van der Waals surface area contributed by atoms with Gasteiger partial charge in [-0.1, -0.05) is 13.0 Å². The van der Waals surface area contributed by atoms with Crippen LogP contribution in [-0.4, -0.2) is 35.9 Å². The van der Waals surface area contributed by atoms with Crippen LogP contribution in [0.25, 0.3) is 0 Å². The molecule has 19 heavy (non-hydrogen) atoms. The van der Waals surface area contributed by atoms with Gasteiger partial charge in [0.2, 0.25) is 0 Å². The van der Waals surface area contributed by atoms with Crippen molar-refractivity contribution in [3.63, 3.8) is 0 Å². The molecule has 1 aliphatic heterocycles. The predicted molar refractivity (Wildman–Crippen MR) is 74.9 cm³/mol. The van der Waals surface area contributed by atoms with Crippen molar-refractivity contribution >= 4 is 6.09 Å². The summed E-state index contributed by atoms with van der Waals surface area (Å²) in [5.74, 6) is 0. The van der Waals surface area contributed by atoms with Crippen molar-refractivity contribution < 1.29 is 13.9 Å². The third-order valence-corrected chi connectivity index (χ3v) is 3.54. The van der Waals surface area contributed by atoms with E-state index in [0.29, 0.717) is 32.4 Å². The van der Waals surface area contributed by atoms with Gasteiger partial charge in [0.25, 0.3) is 0 Å². The Hall–Kier alpha value is -1.06. The molecular formula is C15H26FNO2. The first kappa shape index (κ1) is 16.0. The predicted octanol–water partition coefficient (Wildman–Crippen LogP) is 3.94. The first-order chi connectivity index (χ1) is 8.68. The number of carbonyl (C=O) groups is 1. The molecule has 1 fully saturated rings. The number of hydrogen-bond acceptors (Lipinski definition) is 2. The summed E-state index contributed by atoms with van der Waals surface area (Å²) < 4.78 is 19.6. The number of amides is 1. The molecule has 1 saturated heterocycles. The van der Waals surface area contributed by atoms with Gasteiger partial charge in [0.1, 0.15) is 11.8 Å². The summed E-state index contributed by atoms with van der Waals surface area (Å²) >= 11 is 0. The third kappa shape index (κ3) is 4.51. The molecule has 2 unspecified atom stereocenters. The summed E-state index contributed by atoms with van der Waals surface area (Å²) in [7, 11) is 0.